The maximum absolute atomic E-state index is 12.8. The molecule has 0 aliphatic heterocycles. The van der Waals surface area contributed by atoms with Crippen molar-refractivity contribution in [3.05, 3.63) is 48.7 Å². The highest BCUT2D eigenvalue weighted by Gasteiger charge is 2.20. The van der Waals surface area contributed by atoms with Crippen LogP contribution in [0.1, 0.15) is 40.5 Å². The number of nitrogens with one attached hydrogen (secondary N) is 1. The van der Waals surface area contributed by atoms with E-state index in [0.29, 0.717) is 18.2 Å². The monoisotopic (exact) mass is 379 g/mol. The molecule has 28 heavy (non-hydrogen) atoms. The Morgan fingerprint density at radius 1 is 1.18 bits per heavy atom. The number of hydrogen-bond acceptors (Lipinski definition) is 3. The van der Waals surface area contributed by atoms with Crippen molar-refractivity contribution >= 4 is 17.4 Å². The molecule has 2 aromatic heterocycles. The summed E-state index contributed by atoms with van der Waals surface area (Å²) in [5, 5.41) is 3.11. The van der Waals surface area contributed by atoms with Crippen LogP contribution in [0.15, 0.2) is 48.7 Å². The Hall–Kier alpha value is -2.82. The van der Waals surface area contributed by atoms with Crippen molar-refractivity contribution < 1.29 is 9.53 Å². The van der Waals surface area contributed by atoms with Gasteiger partial charge in [0, 0.05) is 18.2 Å². The average Bonchev–Trinajstić information content (AvgIpc) is 2.98. The average molecular weight is 380 g/mol. The van der Waals surface area contributed by atoms with Crippen LogP contribution < -0.4 is 10.1 Å². The molecule has 0 spiro atoms. The highest BCUT2D eigenvalue weighted by atomic mass is 16.5. The van der Waals surface area contributed by atoms with Gasteiger partial charge in [-0.2, -0.15) is 0 Å². The first kappa shape index (κ1) is 19.9. The lowest BCUT2D eigenvalue weighted by Crippen LogP contribution is -2.19. The summed E-state index contributed by atoms with van der Waals surface area (Å²) in [6.07, 6.45) is 3.40. The molecule has 0 saturated heterocycles. The molecule has 1 atom stereocenters. The van der Waals surface area contributed by atoms with Gasteiger partial charge in [-0.3, -0.25) is 9.20 Å². The first-order valence-electron chi connectivity index (χ1n) is 9.68. The molecule has 1 N–H and O–H groups in total. The van der Waals surface area contributed by atoms with Crippen molar-refractivity contribution in [3.8, 4) is 17.0 Å². The third-order valence-corrected chi connectivity index (χ3v) is 4.65. The maximum Gasteiger partial charge on any atom is 0.225 e. The topological polar surface area (TPSA) is 55.6 Å². The number of hydrogen-bond donors (Lipinski definition) is 1. The molecule has 2 heterocycles. The van der Waals surface area contributed by atoms with Crippen LogP contribution >= 0.6 is 0 Å². The number of methoxy groups -OCH3 is 1. The third-order valence-electron chi connectivity index (χ3n) is 4.65. The number of nitrogens with zero attached hydrogens (tertiary/aromatic N) is 2. The number of fused-ring (bicyclic) bond motifs is 1. The van der Waals surface area contributed by atoms with Crippen LogP contribution in [0.2, 0.25) is 0 Å². The quantitative estimate of drug-likeness (QED) is 0.623. The Labute approximate surface area is 166 Å². The molecule has 0 radical (unpaired) electrons. The lowest BCUT2D eigenvalue weighted by molar-refractivity contribution is -0.117. The van der Waals surface area contributed by atoms with E-state index in [-0.39, 0.29) is 11.3 Å². The Kier molecular flexibility index (Phi) is 5.73. The molecule has 0 fully saturated rings. The summed E-state index contributed by atoms with van der Waals surface area (Å²) in [5.74, 6) is 1.81. The third kappa shape index (κ3) is 4.71. The first-order valence-corrected chi connectivity index (χ1v) is 9.68. The largest absolute Gasteiger partial charge is 0.497 e. The molecule has 0 aliphatic rings. The number of pyridine rings is 1. The van der Waals surface area contributed by atoms with Gasteiger partial charge in [-0.25, -0.2) is 4.98 Å². The van der Waals surface area contributed by atoms with E-state index in [4.69, 9.17) is 9.72 Å². The van der Waals surface area contributed by atoms with Gasteiger partial charge >= 0.3 is 0 Å². The normalized spacial score (nSPS) is 12.8. The van der Waals surface area contributed by atoms with Gasteiger partial charge < -0.3 is 10.1 Å². The second-order valence-corrected chi connectivity index (χ2v) is 8.59. The molecule has 5 heteroatoms. The molecule has 0 saturated carbocycles. The highest BCUT2D eigenvalue weighted by molar-refractivity contribution is 5.94. The summed E-state index contributed by atoms with van der Waals surface area (Å²) in [5.41, 5.74) is 2.69. The van der Waals surface area contributed by atoms with Crippen molar-refractivity contribution in [1.29, 1.82) is 0 Å². The Morgan fingerprint density at radius 3 is 2.54 bits per heavy atom. The van der Waals surface area contributed by atoms with Crippen LogP contribution in [0.3, 0.4) is 0 Å². The smallest absolute Gasteiger partial charge is 0.225 e. The van der Waals surface area contributed by atoms with Crippen LogP contribution in [0.5, 0.6) is 5.75 Å². The molecular formula is C23H29N3O2. The lowest BCUT2D eigenvalue weighted by atomic mass is 9.84. The van der Waals surface area contributed by atoms with Gasteiger partial charge in [0.25, 0.3) is 0 Å². The Balaban J connectivity index is 1.89. The Morgan fingerprint density at radius 2 is 1.89 bits per heavy atom. The number of carbonyl (C=O) groups is 1. The van der Waals surface area contributed by atoms with Crippen LogP contribution in [0, 0.1) is 11.3 Å². The van der Waals surface area contributed by atoms with Crippen LogP contribution in [0.25, 0.3) is 16.9 Å². The number of aromatic nitrogens is 2. The summed E-state index contributed by atoms with van der Waals surface area (Å²) in [6, 6.07) is 13.5. The molecule has 148 valence electrons. The fraction of sp³-hybridized carbons (Fsp3) is 0.391. The summed E-state index contributed by atoms with van der Waals surface area (Å²) in [6.45, 7) is 8.73. The predicted molar refractivity (Wildman–Crippen MR) is 114 cm³/mol. The van der Waals surface area contributed by atoms with Crippen molar-refractivity contribution in [2.75, 3.05) is 12.4 Å². The number of carbonyl (C=O) groups excluding carboxylic acids is 1. The molecule has 1 aromatic carbocycles. The van der Waals surface area contributed by atoms with Crippen molar-refractivity contribution in [2.24, 2.45) is 11.3 Å². The van der Waals surface area contributed by atoms with Crippen LogP contribution in [0.4, 0.5) is 5.82 Å². The zero-order valence-corrected chi connectivity index (χ0v) is 17.3. The second kappa shape index (κ2) is 8.05. The fourth-order valence-electron chi connectivity index (χ4n) is 3.68. The Bertz CT molecular complexity index is 952. The van der Waals surface area contributed by atoms with Gasteiger partial charge in [0.05, 0.1) is 7.11 Å². The van der Waals surface area contributed by atoms with E-state index in [1.165, 1.54) is 0 Å². The zero-order chi connectivity index (χ0) is 20.3. The van der Waals surface area contributed by atoms with E-state index in [1.807, 2.05) is 53.1 Å². The molecule has 0 unspecified atom stereocenters. The molecule has 0 bridgehead atoms. The van der Waals surface area contributed by atoms with Gasteiger partial charge in [0.2, 0.25) is 5.91 Å². The minimum Gasteiger partial charge on any atom is -0.497 e. The number of amides is 1. The van der Waals surface area contributed by atoms with Crippen LogP contribution in [-0.4, -0.2) is 22.4 Å². The molecule has 3 rings (SSSR count). The van der Waals surface area contributed by atoms with E-state index in [2.05, 4.69) is 33.0 Å². The van der Waals surface area contributed by atoms with Crippen molar-refractivity contribution in [2.45, 2.75) is 40.5 Å². The van der Waals surface area contributed by atoms with Gasteiger partial charge in [-0.15, -0.1) is 0 Å². The van der Waals surface area contributed by atoms with Gasteiger partial charge in [-0.05, 0) is 54.2 Å². The van der Waals surface area contributed by atoms with E-state index in [1.54, 1.807) is 7.11 Å². The first-order chi connectivity index (χ1) is 13.3. The van der Waals surface area contributed by atoms with E-state index >= 15 is 0 Å². The number of anilines is 1. The highest BCUT2D eigenvalue weighted by Crippen LogP contribution is 2.31. The standard InChI is InChI=1S/C23H29N3O2/c1-16(15-23(2,3)4)14-20(27)25-22-21(17-9-11-18(28-5)12-10-17)24-19-8-6-7-13-26(19)22/h6-13,16H,14-15H2,1-5H3,(H,25,27)/t16-/m1/s1. The van der Waals surface area contributed by atoms with Crippen molar-refractivity contribution in [3.63, 3.8) is 0 Å². The molecule has 0 aliphatic carbocycles. The summed E-state index contributed by atoms with van der Waals surface area (Å²) < 4.78 is 7.17. The van der Waals surface area contributed by atoms with Gasteiger partial charge in [0.1, 0.15) is 22.9 Å². The fourth-order valence-corrected chi connectivity index (χ4v) is 3.68. The van der Waals surface area contributed by atoms with Gasteiger partial charge in [-0.1, -0.05) is 33.8 Å². The van der Waals surface area contributed by atoms with Crippen molar-refractivity contribution in [1.82, 2.24) is 9.38 Å². The predicted octanol–water partition coefficient (Wildman–Crippen LogP) is 5.41. The van der Waals surface area contributed by atoms with E-state index in [0.717, 1.165) is 29.1 Å². The summed E-state index contributed by atoms with van der Waals surface area (Å²) in [4.78, 5) is 17.5. The second-order valence-electron chi connectivity index (χ2n) is 8.59. The number of imidazole rings is 1. The molecule has 5 nitrogen and oxygen atoms in total. The maximum atomic E-state index is 12.8. The minimum atomic E-state index is 0.0113. The van der Waals surface area contributed by atoms with Crippen LogP contribution in [-0.2, 0) is 4.79 Å². The molecule has 1 amide bonds. The zero-order valence-electron chi connectivity index (χ0n) is 17.3. The van der Waals surface area contributed by atoms with E-state index < -0.39 is 0 Å². The van der Waals surface area contributed by atoms with Gasteiger partial charge in [0.15, 0.2) is 0 Å². The van der Waals surface area contributed by atoms with E-state index in [9.17, 15) is 4.79 Å². The summed E-state index contributed by atoms with van der Waals surface area (Å²) in [7, 11) is 1.64. The minimum absolute atomic E-state index is 0.0113. The SMILES string of the molecule is COc1ccc(-c2nc3ccccn3c2NC(=O)C[C@@H](C)CC(C)(C)C)cc1. The molecular weight excluding hydrogens is 350 g/mol. The number of rotatable bonds is 6. The number of ether oxygens (including phenoxy) is 1. The lowest BCUT2D eigenvalue weighted by Gasteiger charge is -2.22. The molecule has 3 aromatic rings. The number of benzene rings is 1. The summed E-state index contributed by atoms with van der Waals surface area (Å²) >= 11 is 0.